The average molecular weight is 350 g/mol. The summed E-state index contributed by atoms with van der Waals surface area (Å²) >= 11 is 0. The highest BCUT2D eigenvalue weighted by Crippen LogP contribution is 2.38. The van der Waals surface area contributed by atoms with Crippen LogP contribution in [0.15, 0.2) is 60.7 Å². The van der Waals surface area contributed by atoms with Gasteiger partial charge in [0.15, 0.2) is 0 Å². The molecule has 2 aromatic rings. The lowest BCUT2D eigenvalue weighted by Gasteiger charge is -2.44. The van der Waals surface area contributed by atoms with Gasteiger partial charge in [-0.25, -0.2) is 0 Å². The maximum atomic E-state index is 7.05. The molecule has 0 spiro atoms. The van der Waals surface area contributed by atoms with Gasteiger partial charge in [-0.15, -0.1) is 6.42 Å². The molecule has 1 N–H and O–H groups in total. The molecule has 0 radical (unpaired) electrons. The molecule has 1 aliphatic rings. The van der Waals surface area contributed by atoms with Gasteiger partial charge in [-0.05, 0) is 15.4 Å². The van der Waals surface area contributed by atoms with Crippen molar-refractivity contribution in [2.75, 3.05) is 6.54 Å². The smallest absolute Gasteiger partial charge is 0.261 e. The Morgan fingerprint density at radius 2 is 1.52 bits per heavy atom. The molecule has 1 fully saturated rings. The largest absolute Gasteiger partial charge is 0.403 e. The van der Waals surface area contributed by atoms with Crippen molar-refractivity contribution in [1.29, 1.82) is 0 Å². The van der Waals surface area contributed by atoms with Crippen LogP contribution in [0.4, 0.5) is 0 Å². The zero-order chi connectivity index (χ0) is 17.9. The molecular formula is C22H27NOSi. The Morgan fingerprint density at radius 3 is 1.92 bits per heavy atom. The Bertz CT molecular complexity index is 691. The molecule has 2 aromatic carbocycles. The first kappa shape index (κ1) is 17.9. The van der Waals surface area contributed by atoms with Crippen molar-refractivity contribution in [2.45, 2.75) is 44.4 Å². The first-order valence-corrected chi connectivity index (χ1v) is 10.9. The van der Waals surface area contributed by atoms with Crippen LogP contribution in [0.3, 0.4) is 0 Å². The minimum atomic E-state index is -2.47. The SMILES string of the molecule is C#C[C@H]1C[C@H](O[Si](c2ccccc2)(c2ccccc2)C(C)(C)C)CN1. The van der Waals surface area contributed by atoms with Crippen LogP contribution >= 0.6 is 0 Å². The number of hydrogen-bond donors (Lipinski definition) is 1. The zero-order valence-corrected chi connectivity index (χ0v) is 16.3. The van der Waals surface area contributed by atoms with Crippen LogP contribution < -0.4 is 15.7 Å². The van der Waals surface area contributed by atoms with E-state index in [2.05, 4.69) is 92.7 Å². The lowest BCUT2D eigenvalue weighted by molar-refractivity contribution is 0.206. The van der Waals surface area contributed by atoms with Gasteiger partial charge < -0.3 is 9.74 Å². The molecule has 1 saturated heterocycles. The van der Waals surface area contributed by atoms with Crippen molar-refractivity contribution in [3.63, 3.8) is 0 Å². The van der Waals surface area contributed by atoms with Crippen LogP contribution in [-0.4, -0.2) is 27.0 Å². The van der Waals surface area contributed by atoms with E-state index in [9.17, 15) is 0 Å². The van der Waals surface area contributed by atoms with Gasteiger partial charge in [0, 0.05) is 13.0 Å². The standard InChI is InChI=1S/C22H27NOSi/c1-5-18-16-19(17-23-18)24-25(22(2,3)4,20-12-8-6-9-13-20)21-14-10-7-11-15-21/h1,6-15,18-19,23H,16-17H2,2-4H3/t18-,19-/m0/s1. The van der Waals surface area contributed by atoms with Crippen LogP contribution in [0, 0.1) is 12.3 Å². The van der Waals surface area contributed by atoms with Gasteiger partial charge in [-0.3, -0.25) is 0 Å². The Hall–Kier alpha value is -1.86. The van der Waals surface area contributed by atoms with Crippen molar-refractivity contribution in [2.24, 2.45) is 0 Å². The van der Waals surface area contributed by atoms with Crippen molar-refractivity contribution in [1.82, 2.24) is 5.32 Å². The van der Waals surface area contributed by atoms with Crippen molar-refractivity contribution in [3.8, 4) is 12.3 Å². The van der Waals surface area contributed by atoms with E-state index in [4.69, 9.17) is 10.8 Å². The summed E-state index contributed by atoms with van der Waals surface area (Å²) in [7, 11) is -2.47. The number of nitrogens with one attached hydrogen (secondary N) is 1. The summed E-state index contributed by atoms with van der Waals surface area (Å²) in [6.45, 7) is 7.74. The molecule has 2 nitrogen and oxygen atoms in total. The van der Waals surface area contributed by atoms with E-state index >= 15 is 0 Å². The summed E-state index contributed by atoms with van der Waals surface area (Å²) in [4.78, 5) is 0. The highest BCUT2D eigenvalue weighted by molar-refractivity contribution is 6.99. The van der Waals surface area contributed by atoms with E-state index in [1.165, 1.54) is 10.4 Å². The summed E-state index contributed by atoms with van der Waals surface area (Å²) in [5.41, 5.74) is 0. The molecule has 3 rings (SSSR count). The molecule has 2 atom stereocenters. The number of terminal acetylenes is 1. The molecule has 0 unspecified atom stereocenters. The van der Waals surface area contributed by atoms with E-state index in [-0.39, 0.29) is 17.2 Å². The second-order valence-electron chi connectivity index (χ2n) is 7.77. The third kappa shape index (κ3) is 3.43. The Morgan fingerprint density at radius 1 is 1.00 bits per heavy atom. The molecule has 1 aliphatic heterocycles. The minimum absolute atomic E-state index is 0.00391. The Balaban J connectivity index is 2.11. The predicted octanol–water partition coefficient (Wildman–Crippen LogP) is 2.93. The van der Waals surface area contributed by atoms with Crippen molar-refractivity contribution in [3.05, 3.63) is 60.7 Å². The molecule has 1 heterocycles. The van der Waals surface area contributed by atoms with E-state index in [0.29, 0.717) is 0 Å². The van der Waals surface area contributed by atoms with Crippen molar-refractivity contribution < 1.29 is 4.43 Å². The summed E-state index contributed by atoms with van der Waals surface area (Å²) in [5.74, 6) is 2.82. The molecule has 0 amide bonds. The van der Waals surface area contributed by atoms with Gasteiger partial charge in [-0.2, -0.15) is 0 Å². The number of hydrogen-bond acceptors (Lipinski definition) is 2. The Kier molecular flexibility index (Phi) is 5.15. The van der Waals surface area contributed by atoms with Crippen LogP contribution in [0.5, 0.6) is 0 Å². The predicted molar refractivity (Wildman–Crippen MR) is 108 cm³/mol. The fourth-order valence-corrected chi connectivity index (χ4v) is 8.56. The highest BCUT2D eigenvalue weighted by Gasteiger charge is 2.51. The van der Waals surface area contributed by atoms with Crippen LogP contribution in [0.25, 0.3) is 0 Å². The summed E-state index contributed by atoms with van der Waals surface area (Å²) in [6, 6.07) is 21.6. The Labute approximate surface area is 152 Å². The van der Waals surface area contributed by atoms with Crippen molar-refractivity contribution >= 4 is 18.7 Å². The third-order valence-electron chi connectivity index (χ3n) is 5.05. The lowest BCUT2D eigenvalue weighted by Crippen LogP contribution is -2.67. The monoisotopic (exact) mass is 349 g/mol. The normalized spacial score (nSPS) is 21.0. The van der Waals surface area contributed by atoms with Gasteiger partial charge in [0.1, 0.15) is 0 Å². The number of benzene rings is 2. The fraction of sp³-hybridized carbons (Fsp3) is 0.364. The first-order chi connectivity index (χ1) is 12.0. The molecule has 130 valence electrons. The second kappa shape index (κ2) is 7.17. The zero-order valence-electron chi connectivity index (χ0n) is 15.3. The van der Waals surface area contributed by atoms with Gasteiger partial charge >= 0.3 is 0 Å². The van der Waals surface area contributed by atoms with Crippen LogP contribution in [0.2, 0.25) is 5.04 Å². The van der Waals surface area contributed by atoms with E-state index in [1.54, 1.807) is 0 Å². The van der Waals surface area contributed by atoms with Gasteiger partial charge in [0.25, 0.3) is 8.32 Å². The van der Waals surface area contributed by atoms with Crippen LogP contribution in [-0.2, 0) is 4.43 Å². The maximum absolute atomic E-state index is 7.05. The van der Waals surface area contributed by atoms with E-state index in [0.717, 1.165) is 13.0 Å². The first-order valence-electron chi connectivity index (χ1n) is 8.96. The maximum Gasteiger partial charge on any atom is 0.261 e. The fourth-order valence-electron chi connectivity index (χ4n) is 3.86. The molecular weight excluding hydrogens is 322 g/mol. The highest BCUT2D eigenvalue weighted by atomic mass is 28.4. The van der Waals surface area contributed by atoms with Crippen LogP contribution in [0.1, 0.15) is 27.2 Å². The van der Waals surface area contributed by atoms with E-state index < -0.39 is 8.32 Å². The molecule has 25 heavy (non-hydrogen) atoms. The molecule has 0 aromatic heterocycles. The van der Waals surface area contributed by atoms with Gasteiger partial charge in [0.05, 0.1) is 12.1 Å². The number of rotatable bonds is 4. The lowest BCUT2D eigenvalue weighted by atomic mass is 10.2. The molecule has 3 heteroatoms. The third-order valence-corrected chi connectivity index (χ3v) is 10.1. The molecule has 0 saturated carbocycles. The quantitative estimate of drug-likeness (QED) is 0.677. The topological polar surface area (TPSA) is 21.3 Å². The van der Waals surface area contributed by atoms with Gasteiger partial charge in [-0.1, -0.05) is 87.4 Å². The minimum Gasteiger partial charge on any atom is -0.403 e. The summed E-state index contributed by atoms with van der Waals surface area (Å²) < 4.78 is 7.05. The van der Waals surface area contributed by atoms with E-state index in [1.807, 2.05) is 0 Å². The average Bonchev–Trinajstić information content (AvgIpc) is 3.08. The molecule has 0 aliphatic carbocycles. The summed E-state index contributed by atoms with van der Waals surface area (Å²) in [5, 5.41) is 6.03. The molecule has 0 bridgehead atoms. The second-order valence-corrected chi connectivity index (χ2v) is 12.0. The van der Waals surface area contributed by atoms with Gasteiger partial charge in [0.2, 0.25) is 0 Å². The summed E-state index contributed by atoms with van der Waals surface area (Å²) in [6.07, 6.45) is 6.63.